The number of ether oxygens (including phenoxy) is 1. The molecule has 2 bridgehead atoms. The van der Waals surface area contributed by atoms with Crippen molar-refractivity contribution in [1.29, 1.82) is 0 Å². The standard InChI is InChI=1S/C20H32O3/c1-17(2)13-7-8-20-9-11(19(4)16(20)23-19)5-6-14(20)18(13,3)10-12(21)15(17)22/h11-16,21-22H,5-10H2,1-4H3/t11-,12+,13-,14+,15-,16+,18-,19+,20-/m1/s1. The Morgan fingerprint density at radius 1 is 0.913 bits per heavy atom. The summed E-state index contributed by atoms with van der Waals surface area (Å²) >= 11 is 0. The molecule has 9 atom stereocenters. The molecular weight excluding hydrogens is 288 g/mol. The molecule has 3 nitrogen and oxygen atoms in total. The molecule has 3 heteroatoms. The van der Waals surface area contributed by atoms with Crippen LogP contribution < -0.4 is 0 Å². The second-order valence-electron chi connectivity index (χ2n) is 10.6. The van der Waals surface area contributed by atoms with E-state index in [9.17, 15) is 10.2 Å². The van der Waals surface area contributed by atoms with E-state index in [-0.39, 0.29) is 16.4 Å². The minimum Gasteiger partial charge on any atom is -0.390 e. The molecule has 0 aromatic heterocycles. The molecule has 23 heavy (non-hydrogen) atoms. The molecule has 0 radical (unpaired) electrons. The maximum absolute atomic E-state index is 10.6. The fourth-order valence-electron chi connectivity index (χ4n) is 8.51. The van der Waals surface area contributed by atoms with E-state index in [4.69, 9.17) is 4.74 Å². The number of rotatable bonds is 0. The second-order valence-corrected chi connectivity index (χ2v) is 10.6. The maximum atomic E-state index is 10.6. The monoisotopic (exact) mass is 320 g/mol. The van der Waals surface area contributed by atoms with Gasteiger partial charge in [-0.05, 0) is 74.0 Å². The van der Waals surface area contributed by atoms with Crippen LogP contribution in [-0.2, 0) is 4.74 Å². The number of aliphatic hydroxyl groups excluding tert-OH is 2. The Hall–Kier alpha value is -0.120. The van der Waals surface area contributed by atoms with Crippen molar-refractivity contribution in [3.63, 3.8) is 0 Å². The van der Waals surface area contributed by atoms with Crippen molar-refractivity contribution < 1.29 is 14.9 Å². The third-order valence-electron chi connectivity index (χ3n) is 9.46. The lowest BCUT2D eigenvalue weighted by molar-refractivity contribution is -0.224. The molecule has 1 aliphatic heterocycles. The van der Waals surface area contributed by atoms with E-state index in [2.05, 4.69) is 27.7 Å². The van der Waals surface area contributed by atoms with Gasteiger partial charge in [-0.25, -0.2) is 0 Å². The molecule has 1 spiro atoms. The van der Waals surface area contributed by atoms with Gasteiger partial charge in [0.05, 0.1) is 23.9 Å². The quantitative estimate of drug-likeness (QED) is 0.674. The molecule has 4 aliphatic carbocycles. The zero-order valence-electron chi connectivity index (χ0n) is 15.0. The summed E-state index contributed by atoms with van der Waals surface area (Å²) in [7, 11) is 0. The van der Waals surface area contributed by atoms with Gasteiger partial charge in [0.2, 0.25) is 0 Å². The fourth-order valence-corrected chi connectivity index (χ4v) is 8.51. The zero-order chi connectivity index (χ0) is 16.4. The first-order valence-corrected chi connectivity index (χ1v) is 9.70. The third-order valence-corrected chi connectivity index (χ3v) is 9.46. The SMILES string of the molecule is CC1(C)[C@H](O)[C@@H](O)C[C@]2(C)[C@@H]1CC[C@@]13C[C@@H](CC[C@@H]21)[C@]1(C)O[C@H]31. The summed E-state index contributed by atoms with van der Waals surface area (Å²) < 4.78 is 6.28. The Kier molecular flexibility index (Phi) is 2.63. The molecule has 0 unspecified atom stereocenters. The summed E-state index contributed by atoms with van der Waals surface area (Å²) in [5.74, 6) is 1.92. The lowest BCUT2D eigenvalue weighted by Gasteiger charge is -2.65. The Bertz CT molecular complexity index is 559. The molecule has 5 rings (SSSR count). The first-order chi connectivity index (χ1) is 10.7. The van der Waals surface area contributed by atoms with Gasteiger partial charge in [-0.2, -0.15) is 0 Å². The summed E-state index contributed by atoms with van der Waals surface area (Å²) in [6.45, 7) is 9.13. The Morgan fingerprint density at radius 3 is 2.39 bits per heavy atom. The van der Waals surface area contributed by atoms with Gasteiger partial charge in [-0.3, -0.25) is 0 Å². The maximum Gasteiger partial charge on any atom is 0.0954 e. The molecule has 5 aliphatic rings. The zero-order valence-corrected chi connectivity index (χ0v) is 15.0. The molecule has 0 amide bonds. The van der Waals surface area contributed by atoms with Gasteiger partial charge in [0.1, 0.15) is 0 Å². The minimum absolute atomic E-state index is 0.141. The largest absolute Gasteiger partial charge is 0.390 e. The van der Waals surface area contributed by atoms with Crippen LogP contribution in [0.5, 0.6) is 0 Å². The summed E-state index contributed by atoms with van der Waals surface area (Å²) in [5, 5.41) is 21.2. The Labute approximate surface area is 139 Å². The highest BCUT2D eigenvalue weighted by Crippen LogP contribution is 2.77. The van der Waals surface area contributed by atoms with Crippen molar-refractivity contribution >= 4 is 0 Å². The molecule has 2 N–H and O–H groups in total. The van der Waals surface area contributed by atoms with Crippen LogP contribution in [0.1, 0.15) is 66.2 Å². The molecule has 0 aromatic carbocycles. The van der Waals surface area contributed by atoms with Crippen LogP contribution >= 0.6 is 0 Å². The molecule has 4 saturated carbocycles. The number of epoxide rings is 1. The molecule has 5 fully saturated rings. The average Bonchev–Trinajstić information content (AvgIpc) is 3.14. The van der Waals surface area contributed by atoms with Gasteiger partial charge in [0.25, 0.3) is 0 Å². The van der Waals surface area contributed by atoms with Gasteiger partial charge in [0.15, 0.2) is 0 Å². The predicted molar refractivity (Wildman–Crippen MR) is 87.8 cm³/mol. The van der Waals surface area contributed by atoms with Crippen molar-refractivity contribution in [3.05, 3.63) is 0 Å². The van der Waals surface area contributed by atoms with Crippen molar-refractivity contribution in [3.8, 4) is 0 Å². The van der Waals surface area contributed by atoms with Crippen molar-refractivity contribution in [1.82, 2.24) is 0 Å². The van der Waals surface area contributed by atoms with E-state index in [1.54, 1.807) is 0 Å². The smallest absolute Gasteiger partial charge is 0.0954 e. The van der Waals surface area contributed by atoms with Crippen LogP contribution in [-0.4, -0.2) is 34.1 Å². The summed E-state index contributed by atoms with van der Waals surface area (Å²) in [4.78, 5) is 0. The van der Waals surface area contributed by atoms with Crippen molar-refractivity contribution in [2.24, 2.45) is 34.0 Å². The lowest BCUT2D eigenvalue weighted by atomic mass is 9.40. The van der Waals surface area contributed by atoms with E-state index in [1.165, 1.54) is 32.1 Å². The van der Waals surface area contributed by atoms with E-state index in [1.807, 2.05) is 0 Å². The van der Waals surface area contributed by atoms with Gasteiger partial charge < -0.3 is 14.9 Å². The number of aliphatic hydroxyl groups is 2. The molecule has 1 heterocycles. The topological polar surface area (TPSA) is 53.0 Å². The van der Waals surface area contributed by atoms with E-state index < -0.39 is 12.2 Å². The normalized spacial score (nSPS) is 65.5. The molecule has 0 aromatic rings. The molecule has 1 saturated heterocycles. The number of hydrogen-bond acceptors (Lipinski definition) is 3. The van der Waals surface area contributed by atoms with E-state index >= 15 is 0 Å². The first kappa shape index (κ1) is 15.2. The van der Waals surface area contributed by atoms with Crippen LogP contribution in [0.15, 0.2) is 0 Å². The highest BCUT2D eigenvalue weighted by Gasteiger charge is 2.79. The second kappa shape index (κ2) is 3.99. The lowest BCUT2D eigenvalue weighted by Crippen LogP contribution is -2.64. The molecular formula is C20H32O3. The van der Waals surface area contributed by atoms with Gasteiger partial charge in [-0.15, -0.1) is 0 Å². The van der Waals surface area contributed by atoms with Gasteiger partial charge >= 0.3 is 0 Å². The highest BCUT2D eigenvalue weighted by molar-refractivity contribution is 5.27. The van der Waals surface area contributed by atoms with Crippen LogP contribution in [0.2, 0.25) is 0 Å². The highest BCUT2D eigenvalue weighted by atomic mass is 16.6. The Morgan fingerprint density at radius 2 is 1.65 bits per heavy atom. The summed E-state index contributed by atoms with van der Waals surface area (Å²) in [5.41, 5.74) is 0.473. The van der Waals surface area contributed by atoms with Gasteiger partial charge in [-0.1, -0.05) is 20.8 Å². The fraction of sp³-hybridized carbons (Fsp3) is 1.00. The Balaban J connectivity index is 1.59. The van der Waals surface area contributed by atoms with Crippen LogP contribution in [0.4, 0.5) is 0 Å². The minimum atomic E-state index is -0.586. The number of fused-ring (bicyclic) bond motifs is 5. The average molecular weight is 320 g/mol. The molecule has 130 valence electrons. The third kappa shape index (κ3) is 1.50. The first-order valence-electron chi connectivity index (χ1n) is 9.70. The van der Waals surface area contributed by atoms with Crippen molar-refractivity contribution in [2.45, 2.75) is 90.1 Å². The predicted octanol–water partition coefficient (Wildman–Crippen LogP) is 3.13. The summed E-state index contributed by atoms with van der Waals surface area (Å²) in [6.07, 6.45) is 6.46. The van der Waals surface area contributed by atoms with Crippen LogP contribution in [0, 0.1) is 34.0 Å². The van der Waals surface area contributed by atoms with Crippen LogP contribution in [0.25, 0.3) is 0 Å². The van der Waals surface area contributed by atoms with Crippen molar-refractivity contribution in [2.75, 3.05) is 0 Å². The van der Waals surface area contributed by atoms with E-state index in [0.29, 0.717) is 23.4 Å². The van der Waals surface area contributed by atoms with Gasteiger partial charge in [0, 0.05) is 5.41 Å². The van der Waals surface area contributed by atoms with Crippen LogP contribution in [0.3, 0.4) is 0 Å². The number of hydrogen-bond donors (Lipinski definition) is 2. The van der Waals surface area contributed by atoms with E-state index in [0.717, 1.165) is 12.3 Å². The summed E-state index contributed by atoms with van der Waals surface area (Å²) in [6, 6.07) is 0.